The number of carboxylic acids is 2. The van der Waals surface area contributed by atoms with Gasteiger partial charge in [0.2, 0.25) is 17.7 Å². The van der Waals surface area contributed by atoms with Gasteiger partial charge in [0.1, 0.15) is 18.1 Å². The summed E-state index contributed by atoms with van der Waals surface area (Å²) in [6.07, 6.45) is 3.29. The number of aromatic amines is 1. The van der Waals surface area contributed by atoms with Crippen LogP contribution in [0.2, 0.25) is 0 Å². The zero-order chi connectivity index (χ0) is 24.8. The Balaban J connectivity index is 2.93. The van der Waals surface area contributed by atoms with Crippen molar-refractivity contribution in [3.8, 4) is 0 Å². The first kappa shape index (κ1) is 27.5. The van der Waals surface area contributed by atoms with Gasteiger partial charge in [-0.1, -0.05) is 0 Å². The van der Waals surface area contributed by atoms with Gasteiger partial charge in [-0.05, 0) is 32.2 Å². The average Bonchev–Trinajstić information content (AvgIpc) is 3.28. The van der Waals surface area contributed by atoms with E-state index in [1.165, 1.54) is 12.5 Å². The third-order valence-corrected chi connectivity index (χ3v) is 4.66. The summed E-state index contributed by atoms with van der Waals surface area (Å²) >= 11 is 0. The topological polar surface area (TPSA) is 243 Å². The standard InChI is InChI=1S/C19H31N7O7/c20-6-2-1-3-12(17(30)26-14(19(32)33)7-11-9-22-10-23-11)25-18(31)13(4-5-16(28)29)24-15(27)8-21/h9-10,12-14H,1-8,20-21H2,(H,22,23)(H,24,27)(H,25,31)(H,26,30)(H,28,29)(H,32,33). The Hall–Kier alpha value is -3.52. The first-order valence-electron chi connectivity index (χ1n) is 10.4. The Bertz CT molecular complexity index is 800. The molecule has 10 N–H and O–H groups in total. The van der Waals surface area contributed by atoms with Crippen molar-refractivity contribution < 1.29 is 34.2 Å². The Kier molecular flexibility index (Phi) is 12.1. The number of rotatable bonds is 16. The number of nitrogens with two attached hydrogens (primary N) is 2. The van der Waals surface area contributed by atoms with Crippen molar-refractivity contribution in [1.29, 1.82) is 0 Å². The summed E-state index contributed by atoms with van der Waals surface area (Å²) < 4.78 is 0. The maximum absolute atomic E-state index is 12.8. The fourth-order valence-electron chi connectivity index (χ4n) is 2.91. The van der Waals surface area contributed by atoms with Crippen molar-refractivity contribution in [3.05, 3.63) is 18.2 Å². The molecule has 184 valence electrons. The Labute approximate surface area is 189 Å². The van der Waals surface area contributed by atoms with Crippen LogP contribution in [-0.2, 0) is 30.4 Å². The van der Waals surface area contributed by atoms with Crippen molar-refractivity contribution in [3.63, 3.8) is 0 Å². The molecule has 0 aromatic carbocycles. The van der Waals surface area contributed by atoms with Crippen LogP contribution in [0.15, 0.2) is 12.5 Å². The van der Waals surface area contributed by atoms with Crippen LogP contribution in [0.1, 0.15) is 37.8 Å². The average molecular weight is 469 g/mol. The quantitative estimate of drug-likeness (QED) is 0.118. The predicted octanol–water partition coefficient (Wildman–Crippen LogP) is -2.56. The van der Waals surface area contributed by atoms with E-state index in [-0.39, 0.29) is 19.3 Å². The Morgan fingerprint density at radius 1 is 0.939 bits per heavy atom. The van der Waals surface area contributed by atoms with Crippen LogP contribution >= 0.6 is 0 Å². The van der Waals surface area contributed by atoms with E-state index in [0.717, 1.165) is 0 Å². The predicted molar refractivity (Wildman–Crippen MR) is 115 cm³/mol. The number of nitrogens with one attached hydrogen (secondary N) is 4. The zero-order valence-corrected chi connectivity index (χ0v) is 18.1. The molecule has 3 unspecified atom stereocenters. The number of carbonyl (C=O) groups excluding carboxylic acids is 3. The summed E-state index contributed by atoms with van der Waals surface area (Å²) in [5.74, 6) is -4.65. The molecule has 0 saturated carbocycles. The van der Waals surface area contributed by atoms with Crippen LogP contribution in [0, 0.1) is 0 Å². The van der Waals surface area contributed by atoms with E-state index in [1.54, 1.807) is 0 Å². The van der Waals surface area contributed by atoms with Gasteiger partial charge < -0.3 is 42.6 Å². The van der Waals surface area contributed by atoms with Gasteiger partial charge in [0.15, 0.2) is 0 Å². The number of unbranched alkanes of at least 4 members (excludes halogenated alkanes) is 1. The second kappa shape index (κ2) is 14.5. The Morgan fingerprint density at radius 3 is 2.09 bits per heavy atom. The van der Waals surface area contributed by atoms with Gasteiger partial charge in [-0.15, -0.1) is 0 Å². The minimum atomic E-state index is -1.29. The fourth-order valence-corrected chi connectivity index (χ4v) is 2.91. The Morgan fingerprint density at radius 2 is 1.58 bits per heavy atom. The van der Waals surface area contributed by atoms with E-state index in [2.05, 4.69) is 25.9 Å². The van der Waals surface area contributed by atoms with Gasteiger partial charge in [-0.25, -0.2) is 9.78 Å². The maximum Gasteiger partial charge on any atom is 0.326 e. The van der Waals surface area contributed by atoms with Crippen molar-refractivity contribution in [2.24, 2.45) is 11.5 Å². The maximum atomic E-state index is 12.8. The summed E-state index contributed by atoms with van der Waals surface area (Å²) in [5.41, 5.74) is 11.2. The lowest BCUT2D eigenvalue weighted by Gasteiger charge is -2.24. The number of amides is 3. The second-order valence-electron chi connectivity index (χ2n) is 7.28. The van der Waals surface area contributed by atoms with Gasteiger partial charge in [-0.2, -0.15) is 0 Å². The molecule has 3 amide bonds. The molecule has 14 heteroatoms. The minimum Gasteiger partial charge on any atom is -0.481 e. The second-order valence-corrected chi connectivity index (χ2v) is 7.28. The molecule has 0 spiro atoms. The molecule has 0 aliphatic heterocycles. The first-order valence-corrected chi connectivity index (χ1v) is 10.4. The zero-order valence-electron chi connectivity index (χ0n) is 18.1. The van der Waals surface area contributed by atoms with E-state index in [9.17, 15) is 29.1 Å². The van der Waals surface area contributed by atoms with Crippen LogP contribution in [0.5, 0.6) is 0 Å². The molecule has 0 radical (unpaired) electrons. The third kappa shape index (κ3) is 10.6. The highest BCUT2D eigenvalue weighted by Gasteiger charge is 2.29. The number of carbonyl (C=O) groups is 5. The van der Waals surface area contributed by atoms with Crippen molar-refractivity contribution >= 4 is 29.7 Å². The molecule has 33 heavy (non-hydrogen) atoms. The van der Waals surface area contributed by atoms with Crippen molar-refractivity contribution in [2.75, 3.05) is 13.1 Å². The van der Waals surface area contributed by atoms with Crippen LogP contribution in [0.25, 0.3) is 0 Å². The SMILES string of the molecule is NCCCCC(NC(=O)C(CCC(=O)O)NC(=O)CN)C(=O)NC(Cc1cnc[nH]1)C(=O)O. The number of H-pyrrole nitrogens is 1. The minimum absolute atomic E-state index is 0.0572. The molecule has 1 aromatic heterocycles. The normalized spacial score (nSPS) is 13.4. The van der Waals surface area contributed by atoms with Gasteiger partial charge in [0, 0.05) is 24.7 Å². The van der Waals surface area contributed by atoms with E-state index >= 15 is 0 Å². The summed E-state index contributed by atoms with van der Waals surface area (Å²) in [6.45, 7) is -0.0567. The molecular formula is C19H31N7O7. The molecule has 3 atom stereocenters. The number of carboxylic acid groups (broad SMARTS) is 2. The number of hydrogen-bond donors (Lipinski definition) is 8. The lowest BCUT2D eigenvalue weighted by Crippen LogP contribution is -2.56. The number of nitrogens with zero attached hydrogens (tertiary/aromatic N) is 1. The van der Waals surface area contributed by atoms with Gasteiger partial charge in [0.25, 0.3) is 0 Å². The molecule has 14 nitrogen and oxygen atoms in total. The smallest absolute Gasteiger partial charge is 0.326 e. The van der Waals surface area contributed by atoms with E-state index < -0.39 is 60.8 Å². The lowest BCUT2D eigenvalue weighted by molar-refractivity contribution is -0.142. The number of imidazole rings is 1. The van der Waals surface area contributed by atoms with Gasteiger partial charge in [0.05, 0.1) is 12.9 Å². The van der Waals surface area contributed by atoms with Crippen molar-refractivity contribution in [2.45, 2.75) is 56.7 Å². The largest absolute Gasteiger partial charge is 0.481 e. The molecule has 0 aliphatic rings. The lowest BCUT2D eigenvalue weighted by atomic mass is 10.0. The molecule has 0 fully saturated rings. The van der Waals surface area contributed by atoms with E-state index in [1.807, 2.05) is 0 Å². The molecule has 0 bridgehead atoms. The summed E-state index contributed by atoms with van der Waals surface area (Å²) in [5, 5.41) is 25.6. The molecule has 1 rings (SSSR count). The summed E-state index contributed by atoms with van der Waals surface area (Å²) in [7, 11) is 0. The van der Waals surface area contributed by atoms with Crippen molar-refractivity contribution in [1.82, 2.24) is 25.9 Å². The van der Waals surface area contributed by atoms with E-state index in [4.69, 9.17) is 16.6 Å². The number of aromatic nitrogens is 2. The number of aliphatic carboxylic acids is 2. The molecule has 1 heterocycles. The number of hydrogen-bond acceptors (Lipinski definition) is 8. The highest BCUT2D eigenvalue weighted by molar-refractivity contribution is 5.93. The third-order valence-electron chi connectivity index (χ3n) is 4.66. The van der Waals surface area contributed by atoms with Gasteiger partial charge in [-0.3, -0.25) is 19.2 Å². The van der Waals surface area contributed by atoms with Crippen LogP contribution in [0.3, 0.4) is 0 Å². The molecule has 0 aliphatic carbocycles. The highest BCUT2D eigenvalue weighted by atomic mass is 16.4. The van der Waals surface area contributed by atoms with Crippen LogP contribution in [0.4, 0.5) is 0 Å². The molecule has 0 saturated heterocycles. The fraction of sp³-hybridized carbons (Fsp3) is 0.579. The van der Waals surface area contributed by atoms with Crippen LogP contribution < -0.4 is 27.4 Å². The van der Waals surface area contributed by atoms with Gasteiger partial charge >= 0.3 is 11.9 Å². The first-order chi connectivity index (χ1) is 15.7. The van der Waals surface area contributed by atoms with Crippen LogP contribution in [-0.4, -0.2) is 81.1 Å². The summed E-state index contributed by atoms with van der Waals surface area (Å²) in [6, 6.07) is -3.65. The monoisotopic (exact) mass is 469 g/mol. The molecular weight excluding hydrogens is 438 g/mol. The summed E-state index contributed by atoms with van der Waals surface area (Å²) in [4.78, 5) is 66.3. The highest BCUT2D eigenvalue weighted by Crippen LogP contribution is 2.06. The van der Waals surface area contributed by atoms with E-state index in [0.29, 0.717) is 25.1 Å². The molecule has 1 aromatic rings.